The van der Waals surface area contributed by atoms with E-state index in [0.717, 1.165) is 5.56 Å². The molecule has 0 bridgehead atoms. The van der Waals surface area contributed by atoms with Gasteiger partial charge in [-0.2, -0.15) is 5.10 Å². The summed E-state index contributed by atoms with van der Waals surface area (Å²) in [6.45, 7) is 4.79. The lowest BCUT2D eigenvalue weighted by Gasteiger charge is -2.06. The second-order valence-electron chi connectivity index (χ2n) is 4.63. The van der Waals surface area contributed by atoms with Crippen LogP contribution in [-0.2, 0) is 16.0 Å². The van der Waals surface area contributed by atoms with Gasteiger partial charge in [-0.1, -0.05) is 0 Å². The molecular weight excluding hydrogens is 306 g/mol. The second kappa shape index (κ2) is 9.16. The smallest absolute Gasteiger partial charge is 0.303 e. The molecular formula is C14H21N3O4S. The first-order chi connectivity index (χ1) is 10.4. The van der Waals surface area contributed by atoms with Crippen LogP contribution in [0.25, 0.3) is 0 Å². The summed E-state index contributed by atoms with van der Waals surface area (Å²) in [6.07, 6.45) is 0.391. The minimum atomic E-state index is -0.852. The first kappa shape index (κ1) is 18.1. The van der Waals surface area contributed by atoms with E-state index in [1.165, 1.54) is 0 Å². The van der Waals surface area contributed by atoms with Crippen LogP contribution >= 0.6 is 12.2 Å². The Morgan fingerprint density at radius 3 is 2.91 bits per heavy atom. The topological polar surface area (TPSA) is 96.1 Å². The molecule has 0 atom stereocenters. The number of carboxylic acid groups (broad SMARTS) is 1. The van der Waals surface area contributed by atoms with Crippen LogP contribution in [0.2, 0.25) is 0 Å². The number of aryl methyl sites for hydroxylation is 2. The maximum Gasteiger partial charge on any atom is 0.303 e. The number of nitrogens with one attached hydrogen (secondary N) is 2. The molecule has 0 aliphatic heterocycles. The number of carboxylic acids is 1. The first-order valence-corrected chi connectivity index (χ1v) is 7.23. The Hall–Kier alpha value is -1.93. The maximum absolute atomic E-state index is 10.6. The number of hydrogen-bond acceptors (Lipinski definition) is 5. The average Bonchev–Trinajstić information content (AvgIpc) is 2.84. The Bertz CT molecular complexity index is 554. The molecule has 8 heteroatoms. The zero-order valence-electron chi connectivity index (χ0n) is 12.9. The van der Waals surface area contributed by atoms with Gasteiger partial charge in [-0.05, 0) is 32.1 Å². The van der Waals surface area contributed by atoms with E-state index >= 15 is 0 Å². The lowest BCUT2D eigenvalue weighted by Crippen LogP contribution is -2.34. The number of furan rings is 1. The summed E-state index contributed by atoms with van der Waals surface area (Å²) >= 11 is 5.07. The van der Waals surface area contributed by atoms with Crippen molar-refractivity contribution in [3.05, 3.63) is 23.2 Å². The van der Waals surface area contributed by atoms with Gasteiger partial charge >= 0.3 is 5.97 Å². The third-order valence-electron chi connectivity index (χ3n) is 2.86. The van der Waals surface area contributed by atoms with Crippen molar-refractivity contribution in [3.8, 4) is 0 Å². The van der Waals surface area contributed by atoms with Crippen LogP contribution in [0.15, 0.2) is 15.6 Å². The van der Waals surface area contributed by atoms with Gasteiger partial charge in [-0.25, -0.2) is 0 Å². The Labute approximate surface area is 134 Å². The van der Waals surface area contributed by atoms with Gasteiger partial charge < -0.3 is 19.6 Å². The standard InChI is InChI=1S/C14H21N3O4S/c1-9(16-17-14(22)15-6-7-20-3)12-8-11(21-10(12)2)4-5-13(18)19/h8H,4-7H2,1-3H3,(H,18,19)(H2,15,17,22)/b16-9-. The average molecular weight is 327 g/mol. The minimum absolute atomic E-state index is 0.0361. The summed E-state index contributed by atoms with van der Waals surface area (Å²) in [5, 5.41) is 16.2. The first-order valence-electron chi connectivity index (χ1n) is 6.82. The van der Waals surface area contributed by atoms with Crippen molar-refractivity contribution in [2.45, 2.75) is 26.7 Å². The molecule has 0 saturated heterocycles. The number of hydrazone groups is 1. The van der Waals surface area contributed by atoms with Gasteiger partial charge in [0.05, 0.1) is 18.7 Å². The van der Waals surface area contributed by atoms with E-state index in [-0.39, 0.29) is 6.42 Å². The molecule has 1 aromatic rings. The fourth-order valence-corrected chi connectivity index (χ4v) is 1.90. The predicted molar refractivity (Wildman–Crippen MR) is 87.2 cm³/mol. The van der Waals surface area contributed by atoms with Crippen LogP contribution in [-0.4, -0.2) is 42.2 Å². The minimum Gasteiger partial charge on any atom is -0.481 e. The fraction of sp³-hybridized carbons (Fsp3) is 0.500. The van der Waals surface area contributed by atoms with Gasteiger partial charge in [-0.3, -0.25) is 10.2 Å². The summed E-state index contributed by atoms with van der Waals surface area (Å²) in [6, 6.07) is 1.81. The van der Waals surface area contributed by atoms with E-state index in [1.54, 1.807) is 13.2 Å². The van der Waals surface area contributed by atoms with Gasteiger partial charge in [0.25, 0.3) is 0 Å². The molecule has 0 fully saturated rings. The van der Waals surface area contributed by atoms with Gasteiger partial charge in [-0.15, -0.1) is 0 Å². The van der Waals surface area contributed by atoms with Crippen molar-refractivity contribution in [1.29, 1.82) is 0 Å². The van der Waals surface area contributed by atoms with E-state index in [9.17, 15) is 4.79 Å². The van der Waals surface area contributed by atoms with Crippen LogP contribution < -0.4 is 10.7 Å². The summed E-state index contributed by atoms with van der Waals surface area (Å²) < 4.78 is 10.4. The third-order valence-corrected chi connectivity index (χ3v) is 3.10. The largest absolute Gasteiger partial charge is 0.481 e. The SMILES string of the molecule is COCCNC(=S)N/N=C(/C)c1cc(CCC(=O)O)oc1C. The van der Waals surface area contributed by atoms with Gasteiger partial charge in [0.1, 0.15) is 11.5 Å². The number of hydrogen-bond donors (Lipinski definition) is 3. The number of nitrogens with zero attached hydrogens (tertiary/aromatic N) is 1. The summed E-state index contributed by atoms with van der Waals surface area (Å²) in [4.78, 5) is 10.6. The Morgan fingerprint density at radius 2 is 2.27 bits per heavy atom. The van der Waals surface area contributed by atoms with Crippen molar-refractivity contribution < 1.29 is 19.1 Å². The molecule has 0 spiro atoms. The van der Waals surface area contributed by atoms with Crippen molar-refractivity contribution in [3.63, 3.8) is 0 Å². The van der Waals surface area contributed by atoms with Crippen LogP contribution in [0, 0.1) is 6.92 Å². The Morgan fingerprint density at radius 1 is 1.55 bits per heavy atom. The molecule has 0 amide bonds. The number of carbonyl (C=O) groups is 1. The van der Waals surface area contributed by atoms with Crippen molar-refractivity contribution in [2.75, 3.05) is 20.3 Å². The third kappa shape index (κ3) is 6.23. The molecule has 1 aromatic heterocycles. The van der Waals surface area contributed by atoms with Gasteiger partial charge in [0, 0.05) is 25.6 Å². The van der Waals surface area contributed by atoms with Crippen LogP contribution in [0.4, 0.5) is 0 Å². The van der Waals surface area contributed by atoms with E-state index in [4.69, 9.17) is 26.5 Å². The van der Waals surface area contributed by atoms with E-state index in [0.29, 0.717) is 41.9 Å². The molecule has 22 heavy (non-hydrogen) atoms. The molecule has 7 nitrogen and oxygen atoms in total. The predicted octanol–water partition coefficient (Wildman–Crippen LogP) is 1.44. The summed E-state index contributed by atoms with van der Waals surface area (Å²) in [5.41, 5.74) is 4.28. The quantitative estimate of drug-likeness (QED) is 0.288. The number of rotatable bonds is 8. The molecule has 0 aliphatic carbocycles. The molecule has 122 valence electrons. The lowest BCUT2D eigenvalue weighted by molar-refractivity contribution is -0.137. The van der Waals surface area contributed by atoms with Crippen LogP contribution in [0.5, 0.6) is 0 Å². The number of aliphatic carboxylic acids is 1. The number of methoxy groups -OCH3 is 1. The molecule has 0 aromatic carbocycles. The second-order valence-corrected chi connectivity index (χ2v) is 5.04. The van der Waals surface area contributed by atoms with Crippen molar-refractivity contribution >= 4 is 29.0 Å². The highest BCUT2D eigenvalue weighted by Crippen LogP contribution is 2.17. The lowest BCUT2D eigenvalue weighted by atomic mass is 10.1. The highest BCUT2D eigenvalue weighted by Gasteiger charge is 2.11. The molecule has 1 heterocycles. The molecule has 0 saturated carbocycles. The van der Waals surface area contributed by atoms with Crippen molar-refractivity contribution in [1.82, 2.24) is 10.7 Å². The molecule has 1 rings (SSSR count). The van der Waals surface area contributed by atoms with Gasteiger partial charge in [0.2, 0.25) is 0 Å². The van der Waals surface area contributed by atoms with E-state index < -0.39 is 5.97 Å². The molecule has 3 N–H and O–H groups in total. The number of ether oxygens (including phenoxy) is 1. The van der Waals surface area contributed by atoms with Gasteiger partial charge in [0.15, 0.2) is 5.11 Å². The monoisotopic (exact) mass is 327 g/mol. The zero-order valence-corrected chi connectivity index (χ0v) is 13.7. The molecule has 0 radical (unpaired) electrons. The molecule has 0 aliphatic rings. The Balaban J connectivity index is 2.60. The highest BCUT2D eigenvalue weighted by atomic mass is 32.1. The van der Waals surface area contributed by atoms with E-state index in [1.807, 2.05) is 13.8 Å². The normalized spacial score (nSPS) is 11.3. The van der Waals surface area contributed by atoms with Crippen molar-refractivity contribution in [2.24, 2.45) is 5.10 Å². The molecule has 0 unspecified atom stereocenters. The summed E-state index contributed by atoms with van der Waals surface area (Å²) in [7, 11) is 1.62. The maximum atomic E-state index is 10.6. The Kier molecular flexibility index (Phi) is 7.55. The zero-order chi connectivity index (χ0) is 16.5. The highest BCUT2D eigenvalue weighted by molar-refractivity contribution is 7.80. The van der Waals surface area contributed by atoms with Crippen LogP contribution in [0.3, 0.4) is 0 Å². The van der Waals surface area contributed by atoms with Crippen LogP contribution in [0.1, 0.15) is 30.4 Å². The number of thiocarbonyl (C=S) groups is 1. The van der Waals surface area contributed by atoms with E-state index in [2.05, 4.69) is 15.8 Å². The fourth-order valence-electron chi connectivity index (χ4n) is 1.76. The summed E-state index contributed by atoms with van der Waals surface area (Å²) in [5.74, 6) is 0.474.